The fourth-order valence-corrected chi connectivity index (χ4v) is 3.76. The molecular weight excluding hydrogens is 368 g/mol. The van der Waals surface area contributed by atoms with E-state index in [2.05, 4.69) is 0 Å². The van der Waals surface area contributed by atoms with Gasteiger partial charge in [0.2, 0.25) is 0 Å². The lowest BCUT2D eigenvalue weighted by Gasteiger charge is -2.01. The molecule has 0 bridgehead atoms. The van der Waals surface area contributed by atoms with Crippen LogP contribution in [0.3, 0.4) is 0 Å². The second-order valence-corrected chi connectivity index (χ2v) is 8.93. The molecule has 0 saturated heterocycles. The average Bonchev–Trinajstić information content (AvgIpc) is 2.76. The summed E-state index contributed by atoms with van der Waals surface area (Å²) in [6.45, 7) is 3.45. The molecule has 0 aliphatic rings. The first-order valence-electron chi connectivity index (χ1n) is 13.6. The molecule has 4 nitrogen and oxygen atoms in total. The molecule has 0 saturated carbocycles. The van der Waals surface area contributed by atoms with Crippen LogP contribution in [-0.4, -0.2) is 26.2 Å². The summed E-state index contributed by atoms with van der Waals surface area (Å²) in [6, 6.07) is 0. The van der Waals surface area contributed by atoms with Crippen molar-refractivity contribution in [2.24, 2.45) is 22.9 Å². The molecule has 0 spiro atoms. The summed E-state index contributed by atoms with van der Waals surface area (Å²) < 4.78 is 0. The zero-order valence-corrected chi connectivity index (χ0v) is 20.7. The maximum absolute atomic E-state index is 5.44. The van der Waals surface area contributed by atoms with Crippen LogP contribution in [0.15, 0.2) is 0 Å². The lowest BCUT2D eigenvalue weighted by Crippen LogP contribution is -1.97. The zero-order valence-electron chi connectivity index (χ0n) is 20.7. The van der Waals surface area contributed by atoms with E-state index in [-0.39, 0.29) is 0 Å². The van der Waals surface area contributed by atoms with Gasteiger partial charge in [0.1, 0.15) is 0 Å². The molecule has 0 aromatic heterocycles. The van der Waals surface area contributed by atoms with Crippen LogP contribution in [0.5, 0.6) is 0 Å². The molecule has 0 amide bonds. The van der Waals surface area contributed by atoms with Crippen molar-refractivity contribution >= 4 is 0 Å². The van der Waals surface area contributed by atoms with Gasteiger partial charge in [-0.2, -0.15) is 0 Å². The summed E-state index contributed by atoms with van der Waals surface area (Å²) in [7, 11) is 0. The van der Waals surface area contributed by atoms with Gasteiger partial charge >= 0.3 is 0 Å². The molecule has 0 unspecified atom stereocenters. The predicted molar refractivity (Wildman–Crippen MR) is 138 cm³/mol. The first-order valence-corrected chi connectivity index (χ1v) is 13.6. The van der Waals surface area contributed by atoms with Gasteiger partial charge in [-0.15, -0.1) is 0 Å². The van der Waals surface area contributed by atoms with Crippen molar-refractivity contribution in [3.8, 4) is 0 Å². The third-order valence-corrected chi connectivity index (χ3v) is 5.82. The third kappa shape index (κ3) is 35.3. The SMILES string of the molecule is NCCCCCCCCCCCCCN.NCCCCCCCCCCCCCN. The second kappa shape index (κ2) is 33.5. The summed E-state index contributed by atoms with van der Waals surface area (Å²) in [6.07, 6.45) is 29.8. The summed E-state index contributed by atoms with van der Waals surface area (Å²) in [5.74, 6) is 0. The first kappa shape index (κ1) is 32.0. The highest BCUT2D eigenvalue weighted by atomic mass is 14.5. The van der Waals surface area contributed by atoms with Crippen LogP contribution in [0.4, 0.5) is 0 Å². The van der Waals surface area contributed by atoms with E-state index in [1.165, 1.54) is 141 Å². The van der Waals surface area contributed by atoms with E-state index in [1.807, 2.05) is 0 Å². The van der Waals surface area contributed by atoms with Gasteiger partial charge in [0, 0.05) is 0 Å². The molecule has 0 fully saturated rings. The van der Waals surface area contributed by atoms with Crippen LogP contribution in [-0.2, 0) is 0 Å². The van der Waals surface area contributed by atoms with Crippen LogP contribution in [0, 0.1) is 0 Å². The lowest BCUT2D eigenvalue weighted by atomic mass is 10.1. The molecule has 0 aliphatic heterocycles. The molecule has 0 atom stereocenters. The Morgan fingerprint density at radius 3 is 0.367 bits per heavy atom. The second-order valence-electron chi connectivity index (χ2n) is 8.93. The quantitative estimate of drug-likeness (QED) is 0.134. The van der Waals surface area contributed by atoms with Crippen LogP contribution in [0.2, 0.25) is 0 Å². The smallest absolute Gasteiger partial charge is 0.00773 e. The molecule has 0 aromatic carbocycles. The lowest BCUT2D eigenvalue weighted by molar-refractivity contribution is 0.548. The van der Waals surface area contributed by atoms with Crippen LogP contribution in [0.25, 0.3) is 0 Å². The summed E-state index contributed by atoms with van der Waals surface area (Å²) >= 11 is 0. The normalized spacial score (nSPS) is 10.8. The van der Waals surface area contributed by atoms with E-state index in [9.17, 15) is 0 Å². The van der Waals surface area contributed by atoms with E-state index in [1.54, 1.807) is 0 Å². The Balaban J connectivity index is 0. The number of rotatable bonds is 24. The number of nitrogens with two attached hydrogens (primary N) is 4. The zero-order chi connectivity index (χ0) is 22.4. The average molecular weight is 429 g/mol. The first-order chi connectivity index (χ1) is 14.8. The molecule has 4 heteroatoms. The van der Waals surface area contributed by atoms with Gasteiger partial charge in [-0.05, 0) is 51.9 Å². The van der Waals surface area contributed by atoms with Gasteiger partial charge < -0.3 is 22.9 Å². The number of hydrogen-bond acceptors (Lipinski definition) is 4. The Morgan fingerprint density at radius 1 is 0.167 bits per heavy atom. The largest absolute Gasteiger partial charge is 0.330 e. The van der Waals surface area contributed by atoms with E-state index in [4.69, 9.17) is 22.9 Å². The molecule has 30 heavy (non-hydrogen) atoms. The van der Waals surface area contributed by atoms with Gasteiger partial charge in [0.25, 0.3) is 0 Å². The maximum atomic E-state index is 5.44. The van der Waals surface area contributed by atoms with Gasteiger partial charge in [-0.3, -0.25) is 0 Å². The number of hydrogen-bond donors (Lipinski definition) is 4. The molecule has 0 aliphatic carbocycles. The van der Waals surface area contributed by atoms with Crippen molar-refractivity contribution in [3.05, 3.63) is 0 Å². The van der Waals surface area contributed by atoms with E-state index < -0.39 is 0 Å². The topological polar surface area (TPSA) is 104 Å². The Morgan fingerprint density at radius 2 is 0.267 bits per heavy atom. The minimum absolute atomic E-state index is 0.862. The monoisotopic (exact) mass is 428 g/mol. The molecule has 8 N–H and O–H groups in total. The van der Waals surface area contributed by atoms with Gasteiger partial charge in [-0.1, -0.05) is 116 Å². The molecular formula is C26H60N4. The molecule has 184 valence electrons. The maximum Gasteiger partial charge on any atom is -0.00773 e. The van der Waals surface area contributed by atoms with Crippen molar-refractivity contribution in [2.75, 3.05) is 26.2 Å². The molecule has 0 heterocycles. The van der Waals surface area contributed by atoms with Crippen LogP contribution in [0.1, 0.15) is 141 Å². The van der Waals surface area contributed by atoms with Gasteiger partial charge in [0.15, 0.2) is 0 Å². The van der Waals surface area contributed by atoms with Gasteiger partial charge in [0.05, 0.1) is 0 Å². The third-order valence-electron chi connectivity index (χ3n) is 5.82. The Labute approximate surface area is 190 Å². The van der Waals surface area contributed by atoms with Crippen LogP contribution < -0.4 is 22.9 Å². The Bertz CT molecular complexity index is 211. The van der Waals surface area contributed by atoms with Crippen molar-refractivity contribution in [1.29, 1.82) is 0 Å². The van der Waals surface area contributed by atoms with E-state index >= 15 is 0 Å². The fraction of sp³-hybridized carbons (Fsp3) is 1.00. The highest BCUT2D eigenvalue weighted by Crippen LogP contribution is 2.11. The highest BCUT2D eigenvalue weighted by molar-refractivity contribution is 4.50. The standard InChI is InChI=1S/2C13H30N2/c2*14-12-10-8-6-4-2-1-3-5-7-9-11-13-15/h2*1-15H2. The molecule has 0 rings (SSSR count). The van der Waals surface area contributed by atoms with Crippen molar-refractivity contribution in [3.63, 3.8) is 0 Å². The molecule has 0 radical (unpaired) electrons. The van der Waals surface area contributed by atoms with Crippen LogP contribution >= 0.6 is 0 Å². The highest BCUT2D eigenvalue weighted by Gasteiger charge is 1.93. The predicted octanol–water partition coefficient (Wildman–Crippen LogP) is 6.39. The Hall–Kier alpha value is -0.160. The van der Waals surface area contributed by atoms with Gasteiger partial charge in [-0.25, -0.2) is 0 Å². The molecule has 0 aromatic rings. The minimum atomic E-state index is 0.862. The van der Waals surface area contributed by atoms with Crippen molar-refractivity contribution in [1.82, 2.24) is 0 Å². The van der Waals surface area contributed by atoms with Crippen molar-refractivity contribution < 1.29 is 0 Å². The van der Waals surface area contributed by atoms with E-state index in [0.717, 1.165) is 26.2 Å². The number of unbranched alkanes of at least 4 members (excludes halogenated alkanes) is 20. The van der Waals surface area contributed by atoms with Crippen molar-refractivity contribution in [2.45, 2.75) is 141 Å². The fourth-order valence-electron chi connectivity index (χ4n) is 3.76. The summed E-state index contributed by atoms with van der Waals surface area (Å²) in [4.78, 5) is 0. The van der Waals surface area contributed by atoms with E-state index in [0.29, 0.717) is 0 Å². The minimum Gasteiger partial charge on any atom is -0.330 e. The summed E-state index contributed by atoms with van der Waals surface area (Å²) in [5, 5.41) is 0. The Kier molecular flexibility index (Phi) is 35.7. The summed E-state index contributed by atoms with van der Waals surface area (Å²) in [5.41, 5.74) is 21.8.